The molecule has 1 aliphatic rings. The van der Waals surface area contributed by atoms with Gasteiger partial charge in [0.1, 0.15) is 12.0 Å². The minimum Gasteiger partial charge on any atom is -0.330 e. The summed E-state index contributed by atoms with van der Waals surface area (Å²) in [5.74, 6) is -0.110. The fraction of sp³-hybridized carbons (Fsp3) is 0.357. The predicted molar refractivity (Wildman–Crippen MR) is 79.1 cm³/mol. The first-order chi connectivity index (χ1) is 9.72. The topological polar surface area (TPSA) is 46.1 Å². The van der Waals surface area contributed by atoms with Crippen molar-refractivity contribution in [1.82, 2.24) is 14.9 Å². The molecule has 0 aliphatic carbocycles. The zero-order valence-electron chi connectivity index (χ0n) is 11.0. The molecule has 4 nitrogen and oxygen atoms in total. The van der Waals surface area contributed by atoms with Gasteiger partial charge in [0.05, 0.1) is 11.1 Å². The Kier molecular flexibility index (Phi) is 3.72. The monoisotopic (exact) mass is 307 g/mol. The van der Waals surface area contributed by atoms with Gasteiger partial charge in [-0.15, -0.1) is 11.3 Å². The Morgan fingerprint density at radius 3 is 3.20 bits per heavy atom. The average molecular weight is 308 g/mol. The van der Waals surface area contributed by atoms with E-state index in [9.17, 15) is 4.79 Å². The molecule has 0 bridgehead atoms. The van der Waals surface area contributed by atoms with Crippen molar-refractivity contribution in [3.63, 3.8) is 0 Å². The predicted octanol–water partition coefficient (Wildman–Crippen LogP) is 3.34. The van der Waals surface area contributed by atoms with Gasteiger partial charge in [-0.1, -0.05) is 18.5 Å². The summed E-state index contributed by atoms with van der Waals surface area (Å²) in [5.41, 5.74) is 1.56. The zero-order chi connectivity index (χ0) is 14.1. The maximum Gasteiger partial charge on any atom is 0.274 e. The minimum absolute atomic E-state index is 0.110. The first-order valence-electron chi connectivity index (χ1n) is 6.55. The molecule has 0 spiro atoms. The normalized spacial score (nSPS) is 17.9. The highest BCUT2D eigenvalue weighted by molar-refractivity contribution is 7.10. The molecule has 3 heterocycles. The minimum atomic E-state index is -0.110. The summed E-state index contributed by atoms with van der Waals surface area (Å²) in [6.45, 7) is 2.81. The number of amides is 1. The first-order valence-corrected chi connectivity index (χ1v) is 7.81. The van der Waals surface area contributed by atoms with E-state index >= 15 is 0 Å². The SMILES string of the molecule is CCC1c2ccsc2CCN1C(=O)c1ncncc1Cl. The van der Waals surface area contributed by atoms with E-state index in [4.69, 9.17) is 11.6 Å². The number of halogens is 1. The molecule has 0 fully saturated rings. The fourth-order valence-corrected chi connectivity index (χ4v) is 3.80. The van der Waals surface area contributed by atoms with Crippen LogP contribution in [-0.2, 0) is 6.42 Å². The Labute approximate surface area is 126 Å². The molecule has 20 heavy (non-hydrogen) atoms. The van der Waals surface area contributed by atoms with E-state index < -0.39 is 0 Å². The van der Waals surface area contributed by atoms with Crippen LogP contribution in [0.15, 0.2) is 24.0 Å². The molecular formula is C14H14ClN3OS. The lowest BCUT2D eigenvalue weighted by atomic mass is 9.97. The third-order valence-electron chi connectivity index (χ3n) is 3.61. The van der Waals surface area contributed by atoms with E-state index in [2.05, 4.69) is 28.3 Å². The van der Waals surface area contributed by atoms with Gasteiger partial charge >= 0.3 is 0 Å². The number of thiophene rings is 1. The van der Waals surface area contributed by atoms with Gasteiger partial charge in [0.15, 0.2) is 0 Å². The van der Waals surface area contributed by atoms with E-state index in [1.807, 2.05) is 4.90 Å². The molecule has 3 rings (SSSR count). The summed E-state index contributed by atoms with van der Waals surface area (Å²) >= 11 is 7.81. The molecule has 6 heteroatoms. The summed E-state index contributed by atoms with van der Waals surface area (Å²) in [5, 5.41) is 2.40. The van der Waals surface area contributed by atoms with Crippen LogP contribution in [0.3, 0.4) is 0 Å². The number of fused-ring (bicyclic) bond motifs is 1. The summed E-state index contributed by atoms with van der Waals surface area (Å²) in [6.07, 6.45) is 4.61. The van der Waals surface area contributed by atoms with Crippen molar-refractivity contribution in [2.45, 2.75) is 25.8 Å². The molecule has 2 aromatic heterocycles. The van der Waals surface area contributed by atoms with Crippen LogP contribution in [-0.4, -0.2) is 27.3 Å². The molecule has 1 unspecified atom stereocenters. The molecule has 0 radical (unpaired) electrons. The second-order valence-electron chi connectivity index (χ2n) is 4.69. The number of nitrogens with zero attached hydrogens (tertiary/aromatic N) is 3. The summed E-state index contributed by atoms with van der Waals surface area (Å²) in [7, 11) is 0. The van der Waals surface area contributed by atoms with Crippen molar-refractivity contribution < 1.29 is 4.79 Å². The van der Waals surface area contributed by atoms with Crippen molar-refractivity contribution in [2.75, 3.05) is 6.54 Å². The van der Waals surface area contributed by atoms with E-state index in [0.29, 0.717) is 17.3 Å². The lowest BCUT2D eigenvalue weighted by Gasteiger charge is -2.35. The standard InChI is InChI=1S/C14H14ClN3OS/c1-2-11-9-4-6-20-12(9)3-5-18(11)14(19)13-10(15)7-16-8-17-13/h4,6-8,11H,2-3,5H2,1H3. The molecular weight excluding hydrogens is 294 g/mol. The molecule has 0 aromatic carbocycles. The van der Waals surface area contributed by atoms with E-state index in [1.165, 1.54) is 23.0 Å². The smallest absolute Gasteiger partial charge is 0.274 e. The van der Waals surface area contributed by atoms with Crippen molar-refractivity contribution >= 4 is 28.8 Å². The van der Waals surface area contributed by atoms with Crippen LogP contribution in [0, 0.1) is 0 Å². The van der Waals surface area contributed by atoms with Crippen molar-refractivity contribution in [3.05, 3.63) is 45.1 Å². The third-order valence-corrected chi connectivity index (χ3v) is 4.89. The second-order valence-corrected chi connectivity index (χ2v) is 6.10. The van der Waals surface area contributed by atoms with Gasteiger partial charge in [0, 0.05) is 17.6 Å². The summed E-state index contributed by atoms with van der Waals surface area (Å²) < 4.78 is 0. The van der Waals surface area contributed by atoms with Crippen molar-refractivity contribution in [2.24, 2.45) is 0 Å². The number of aromatic nitrogens is 2. The van der Waals surface area contributed by atoms with E-state index in [0.717, 1.165) is 12.8 Å². The number of hydrogen-bond acceptors (Lipinski definition) is 4. The number of carbonyl (C=O) groups excluding carboxylic acids is 1. The van der Waals surface area contributed by atoms with Crippen LogP contribution >= 0.6 is 22.9 Å². The second kappa shape index (κ2) is 5.50. The molecule has 0 saturated carbocycles. The lowest BCUT2D eigenvalue weighted by Crippen LogP contribution is -2.39. The fourth-order valence-electron chi connectivity index (χ4n) is 2.69. The molecule has 1 aliphatic heterocycles. The Morgan fingerprint density at radius 2 is 2.45 bits per heavy atom. The van der Waals surface area contributed by atoms with E-state index in [1.54, 1.807) is 11.3 Å². The Hall–Kier alpha value is -1.46. The van der Waals surface area contributed by atoms with E-state index in [-0.39, 0.29) is 11.9 Å². The van der Waals surface area contributed by atoms with Crippen LogP contribution in [0.2, 0.25) is 5.02 Å². The van der Waals surface area contributed by atoms with Gasteiger partial charge in [0.2, 0.25) is 0 Å². The van der Waals surface area contributed by atoms with Gasteiger partial charge in [0.25, 0.3) is 5.91 Å². The maximum absolute atomic E-state index is 12.7. The molecule has 0 saturated heterocycles. The Bertz CT molecular complexity index is 643. The quantitative estimate of drug-likeness (QED) is 0.855. The van der Waals surface area contributed by atoms with Gasteiger partial charge in [-0.3, -0.25) is 4.79 Å². The third kappa shape index (κ3) is 2.21. The summed E-state index contributed by atoms with van der Waals surface area (Å²) in [4.78, 5) is 23.8. The molecule has 1 amide bonds. The molecule has 2 aromatic rings. The van der Waals surface area contributed by atoms with Gasteiger partial charge in [-0.2, -0.15) is 0 Å². The first kappa shape index (κ1) is 13.5. The largest absolute Gasteiger partial charge is 0.330 e. The van der Waals surface area contributed by atoms with Gasteiger partial charge in [-0.05, 0) is 29.9 Å². The van der Waals surface area contributed by atoms with Crippen LogP contribution in [0.5, 0.6) is 0 Å². The van der Waals surface area contributed by atoms with Crippen LogP contribution in [0.1, 0.15) is 40.3 Å². The Balaban J connectivity index is 1.95. The van der Waals surface area contributed by atoms with Crippen molar-refractivity contribution in [3.8, 4) is 0 Å². The number of rotatable bonds is 2. The molecule has 0 N–H and O–H groups in total. The highest BCUT2D eigenvalue weighted by atomic mass is 35.5. The van der Waals surface area contributed by atoms with Crippen LogP contribution in [0.25, 0.3) is 0 Å². The average Bonchev–Trinajstić information content (AvgIpc) is 2.94. The maximum atomic E-state index is 12.7. The van der Waals surface area contributed by atoms with Crippen LogP contribution < -0.4 is 0 Å². The summed E-state index contributed by atoms with van der Waals surface area (Å²) in [6, 6.07) is 2.23. The highest BCUT2D eigenvalue weighted by Crippen LogP contribution is 2.36. The Morgan fingerprint density at radius 1 is 1.60 bits per heavy atom. The number of carbonyl (C=O) groups is 1. The van der Waals surface area contributed by atoms with Crippen LogP contribution in [0.4, 0.5) is 0 Å². The molecule has 1 atom stereocenters. The zero-order valence-corrected chi connectivity index (χ0v) is 12.6. The highest BCUT2D eigenvalue weighted by Gasteiger charge is 2.32. The van der Waals surface area contributed by atoms with Gasteiger partial charge in [-0.25, -0.2) is 9.97 Å². The lowest BCUT2D eigenvalue weighted by molar-refractivity contribution is 0.0651. The molecule has 104 valence electrons. The van der Waals surface area contributed by atoms with Gasteiger partial charge < -0.3 is 4.90 Å². The number of hydrogen-bond donors (Lipinski definition) is 0. The van der Waals surface area contributed by atoms with Crippen molar-refractivity contribution in [1.29, 1.82) is 0 Å².